The molecule has 0 fully saturated rings. The van der Waals surface area contributed by atoms with E-state index in [1.165, 1.54) is 12.0 Å². The molecule has 0 amide bonds. The maximum absolute atomic E-state index is 2.32. The van der Waals surface area contributed by atoms with Crippen LogP contribution in [0, 0.1) is 5.41 Å². The molecule has 0 heterocycles. The average Bonchev–Trinajstić information content (AvgIpc) is 2.01. The molecule has 1 aliphatic carbocycles. The van der Waals surface area contributed by atoms with Crippen LogP contribution >= 0.6 is 0 Å². The zero-order valence-electron chi connectivity index (χ0n) is 8.30. The van der Waals surface area contributed by atoms with Gasteiger partial charge in [-0.25, -0.2) is 0 Å². The van der Waals surface area contributed by atoms with Gasteiger partial charge in [-0.1, -0.05) is 49.8 Å². The Bertz CT molecular complexity index is 230. The molecule has 0 aromatic heterocycles. The van der Waals surface area contributed by atoms with E-state index in [0.29, 0.717) is 0 Å². The van der Waals surface area contributed by atoms with Gasteiger partial charge in [-0.05, 0) is 19.8 Å². The number of rotatable bonds is 2. The summed E-state index contributed by atoms with van der Waals surface area (Å²) in [5.41, 5.74) is 1.75. The van der Waals surface area contributed by atoms with Crippen molar-refractivity contribution in [3.63, 3.8) is 0 Å². The summed E-state index contributed by atoms with van der Waals surface area (Å²) < 4.78 is 0. The van der Waals surface area contributed by atoms with Gasteiger partial charge in [-0.2, -0.15) is 0 Å². The van der Waals surface area contributed by atoms with E-state index in [0.717, 1.165) is 6.42 Å². The topological polar surface area (TPSA) is 0 Å². The Morgan fingerprint density at radius 3 is 2.92 bits per heavy atom. The van der Waals surface area contributed by atoms with E-state index in [4.69, 9.17) is 0 Å². The Kier molecular flexibility index (Phi) is 2.91. The van der Waals surface area contributed by atoms with Crippen LogP contribution in [0.3, 0.4) is 0 Å². The van der Waals surface area contributed by atoms with Gasteiger partial charge >= 0.3 is 0 Å². The van der Waals surface area contributed by atoms with E-state index in [1.54, 1.807) is 0 Å². The summed E-state index contributed by atoms with van der Waals surface area (Å²) in [6.07, 6.45) is 13.5. The Hall–Kier alpha value is -0.780. The Labute approximate surface area is 75.7 Å². The quantitative estimate of drug-likeness (QED) is 0.541. The lowest BCUT2D eigenvalue weighted by molar-refractivity contribution is 0.537. The van der Waals surface area contributed by atoms with Gasteiger partial charge in [-0.15, -0.1) is 0 Å². The van der Waals surface area contributed by atoms with Gasteiger partial charge in [0.05, 0.1) is 0 Å². The smallest absolute Gasteiger partial charge is 0.00728 e. The van der Waals surface area contributed by atoms with Gasteiger partial charge < -0.3 is 0 Å². The largest absolute Gasteiger partial charge is 0.0879 e. The molecule has 0 aromatic carbocycles. The average molecular weight is 162 g/mol. The van der Waals surface area contributed by atoms with Crippen molar-refractivity contribution < 1.29 is 0 Å². The molecule has 0 spiro atoms. The summed E-state index contributed by atoms with van der Waals surface area (Å²) in [7, 11) is 0. The first-order valence-corrected chi connectivity index (χ1v) is 4.69. The second-order valence-electron chi connectivity index (χ2n) is 3.87. The fourth-order valence-electron chi connectivity index (χ4n) is 1.65. The van der Waals surface area contributed by atoms with E-state index in [-0.39, 0.29) is 5.41 Å². The van der Waals surface area contributed by atoms with Crippen molar-refractivity contribution >= 4 is 0 Å². The van der Waals surface area contributed by atoms with Gasteiger partial charge in [0.25, 0.3) is 0 Å². The normalized spacial score (nSPS) is 29.4. The highest BCUT2D eigenvalue weighted by Gasteiger charge is 2.18. The summed E-state index contributed by atoms with van der Waals surface area (Å²) in [5, 5.41) is 0. The van der Waals surface area contributed by atoms with Crippen LogP contribution in [0.4, 0.5) is 0 Å². The minimum absolute atomic E-state index is 0.273. The van der Waals surface area contributed by atoms with Crippen LogP contribution in [-0.4, -0.2) is 0 Å². The molecule has 0 saturated carbocycles. The predicted octanol–water partition coefficient (Wildman–Crippen LogP) is 3.87. The molecule has 0 radical (unpaired) electrons. The Balaban J connectivity index is 2.69. The minimum Gasteiger partial charge on any atom is -0.0879 e. The zero-order valence-corrected chi connectivity index (χ0v) is 8.30. The lowest BCUT2D eigenvalue weighted by atomic mass is 9.80. The zero-order chi connectivity index (χ0) is 9.03. The van der Waals surface area contributed by atoms with Crippen LogP contribution in [0.2, 0.25) is 0 Å². The van der Waals surface area contributed by atoms with Crippen molar-refractivity contribution in [2.45, 2.75) is 33.6 Å². The molecule has 0 saturated heterocycles. The molecule has 0 heteroatoms. The van der Waals surface area contributed by atoms with E-state index in [2.05, 4.69) is 51.2 Å². The van der Waals surface area contributed by atoms with Gasteiger partial charge in [0.15, 0.2) is 0 Å². The third-order valence-corrected chi connectivity index (χ3v) is 2.25. The molecular weight excluding hydrogens is 144 g/mol. The lowest BCUT2D eigenvalue weighted by Gasteiger charge is -2.24. The standard InChI is InChI=1S/C12H18/c1-4-5-8-12(3)9-6-7-11(2)10-12/h5-9H,4,10H2,1-3H3. The first-order valence-electron chi connectivity index (χ1n) is 4.69. The second kappa shape index (κ2) is 3.75. The molecule has 1 aliphatic rings. The van der Waals surface area contributed by atoms with Crippen molar-refractivity contribution in [1.82, 2.24) is 0 Å². The summed E-state index contributed by atoms with van der Waals surface area (Å²) in [6, 6.07) is 0. The first kappa shape index (κ1) is 9.31. The van der Waals surface area contributed by atoms with Crippen LogP contribution in [0.5, 0.6) is 0 Å². The summed E-state index contributed by atoms with van der Waals surface area (Å²) in [5.74, 6) is 0. The van der Waals surface area contributed by atoms with Crippen molar-refractivity contribution in [2.24, 2.45) is 5.41 Å². The molecule has 12 heavy (non-hydrogen) atoms. The maximum Gasteiger partial charge on any atom is 0.00728 e. The van der Waals surface area contributed by atoms with Gasteiger partial charge in [-0.3, -0.25) is 0 Å². The fourth-order valence-corrected chi connectivity index (χ4v) is 1.65. The van der Waals surface area contributed by atoms with Gasteiger partial charge in [0.1, 0.15) is 0 Å². The third kappa shape index (κ3) is 2.37. The number of allylic oxidation sites excluding steroid dienone is 6. The van der Waals surface area contributed by atoms with E-state index in [1.807, 2.05) is 0 Å². The molecule has 0 aliphatic heterocycles. The Morgan fingerprint density at radius 1 is 1.58 bits per heavy atom. The number of hydrogen-bond donors (Lipinski definition) is 0. The van der Waals surface area contributed by atoms with Crippen molar-refractivity contribution in [3.05, 3.63) is 36.0 Å². The van der Waals surface area contributed by atoms with Crippen molar-refractivity contribution in [3.8, 4) is 0 Å². The SMILES string of the molecule is CCC=CC1(C)C=CC=C(C)C1. The van der Waals surface area contributed by atoms with Crippen LogP contribution in [0.15, 0.2) is 36.0 Å². The van der Waals surface area contributed by atoms with Crippen LogP contribution < -0.4 is 0 Å². The third-order valence-electron chi connectivity index (χ3n) is 2.25. The Morgan fingerprint density at radius 2 is 2.33 bits per heavy atom. The maximum atomic E-state index is 2.32. The lowest BCUT2D eigenvalue weighted by Crippen LogP contribution is -2.12. The van der Waals surface area contributed by atoms with E-state index >= 15 is 0 Å². The summed E-state index contributed by atoms with van der Waals surface area (Å²) in [4.78, 5) is 0. The molecule has 0 nitrogen and oxygen atoms in total. The molecule has 0 bridgehead atoms. The molecule has 1 unspecified atom stereocenters. The summed E-state index contributed by atoms with van der Waals surface area (Å²) >= 11 is 0. The fraction of sp³-hybridized carbons (Fsp3) is 0.500. The highest BCUT2D eigenvalue weighted by molar-refractivity contribution is 5.25. The van der Waals surface area contributed by atoms with Crippen molar-refractivity contribution in [2.75, 3.05) is 0 Å². The van der Waals surface area contributed by atoms with Gasteiger partial charge in [0, 0.05) is 5.41 Å². The summed E-state index contributed by atoms with van der Waals surface area (Å²) in [6.45, 7) is 6.66. The highest BCUT2D eigenvalue weighted by atomic mass is 14.2. The van der Waals surface area contributed by atoms with Crippen LogP contribution in [-0.2, 0) is 0 Å². The molecule has 66 valence electrons. The number of hydrogen-bond acceptors (Lipinski definition) is 0. The van der Waals surface area contributed by atoms with Crippen LogP contribution in [0.25, 0.3) is 0 Å². The molecule has 0 N–H and O–H groups in total. The van der Waals surface area contributed by atoms with Gasteiger partial charge in [0.2, 0.25) is 0 Å². The van der Waals surface area contributed by atoms with Crippen LogP contribution in [0.1, 0.15) is 33.6 Å². The predicted molar refractivity (Wildman–Crippen MR) is 55.1 cm³/mol. The van der Waals surface area contributed by atoms with Crippen molar-refractivity contribution in [1.29, 1.82) is 0 Å². The molecular formula is C12H18. The molecule has 0 aromatic rings. The minimum atomic E-state index is 0.273. The highest BCUT2D eigenvalue weighted by Crippen LogP contribution is 2.32. The first-order chi connectivity index (χ1) is 5.66. The van der Waals surface area contributed by atoms with E-state index < -0.39 is 0 Å². The second-order valence-corrected chi connectivity index (χ2v) is 3.87. The monoisotopic (exact) mass is 162 g/mol. The molecule has 1 rings (SSSR count). The molecule has 1 atom stereocenters. The van der Waals surface area contributed by atoms with E-state index in [9.17, 15) is 0 Å².